The molecule has 0 saturated heterocycles. The van der Waals surface area contributed by atoms with E-state index in [0.29, 0.717) is 18.4 Å². The van der Waals surface area contributed by atoms with Crippen molar-refractivity contribution >= 4 is 13.3 Å². The number of carbonyl (C=O) groups is 1. The summed E-state index contributed by atoms with van der Waals surface area (Å²) in [5.41, 5.74) is 0.0513. The van der Waals surface area contributed by atoms with Crippen LogP contribution in [0.2, 0.25) is 0 Å². The van der Waals surface area contributed by atoms with Crippen molar-refractivity contribution in [2.24, 2.45) is 0 Å². The van der Waals surface area contributed by atoms with Crippen molar-refractivity contribution < 1.29 is 14.5 Å². The van der Waals surface area contributed by atoms with E-state index < -0.39 is 13.1 Å². The summed E-state index contributed by atoms with van der Waals surface area (Å²) in [5.74, 6) is 0. The first-order valence-corrected chi connectivity index (χ1v) is 7.41. The highest BCUT2D eigenvalue weighted by atomic mass is 31.1. The molecule has 2 rings (SSSR count). The monoisotopic (exact) mass is 252 g/mol. The highest BCUT2D eigenvalue weighted by Gasteiger charge is 2.39. The fourth-order valence-electron chi connectivity index (χ4n) is 2.30. The van der Waals surface area contributed by atoms with E-state index in [9.17, 15) is 14.5 Å². The summed E-state index contributed by atoms with van der Waals surface area (Å²) >= 11 is 0. The third-order valence-corrected chi connectivity index (χ3v) is 5.39. The van der Waals surface area contributed by atoms with Crippen molar-refractivity contribution in [2.75, 3.05) is 0 Å². The van der Waals surface area contributed by atoms with E-state index in [2.05, 4.69) is 0 Å². The lowest BCUT2D eigenvalue weighted by molar-refractivity contribution is 0.0804. The Labute approximate surface area is 102 Å². The number of rotatable bonds is 3. The average molecular weight is 252 g/mol. The second kappa shape index (κ2) is 5.16. The third-order valence-electron chi connectivity index (χ3n) is 3.35. The van der Waals surface area contributed by atoms with E-state index in [1.54, 1.807) is 24.3 Å². The summed E-state index contributed by atoms with van der Waals surface area (Å²) in [4.78, 5) is 12.0. The molecule has 1 atom stereocenters. The highest BCUT2D eigenvalue weighted by molar-refractivity contribution is 7.65. The van der Waals surface area contributed by atoms with Crippen molar-refractivity contribution in [3.8, 4) is 0 Å². The van der Waals surface area contributed by atoms with Crippen LogP contribution in [0.25, 0.3) is 0 Å². The van der Waals surface area contributed by atoms with Gasteiger partial charge in [-0.1, -0.05) is 49.6 Å². The molecular weight excluding hydrogens is 235 g/mol. The van der Waals surface area contributed by atoms with Gasteiger partial charge in [-0.2, -0.15) is 0 Å². The van der Waals surface area contributed by atoms with E-state index in [4.69, 9.17) is 0 Å². The largest absolute Gasteiger partial charge is 0.382 e. The molecule has 0 bridgehead atoms. The first-order chi connectivity index (χ1) is 8.13. The van der Waals surface area contributed by atoms with Crippen LogP contribution in [0.3, 0.4) is 0 Å². The average Bonchev–Trinajstić information content (AvgIpc) is 2.39. The number of carbonyl (C=O) groups excluding carboxylic acids is 1. The molecule has 1 saturated carbocycles. The summed E-state index contributed by atoms with van der Waals surface area (Å²) in [5, 5.41) is 9.04. The van der Waals surface area contributed by atoms with Crippen LogP contribution in [0.15, 0.2) is 30.3 Å². The molecule has 0 radical (unpaired) electrons. The summed E-state index contributed by atoms with van der Waals surface area (Å²) < 4.78 is 12.2. The smallest absolute Gasteiger partial charge is 0.221 e. The van der Waals surface area contributed by atoms with E-state index in [1.165, 1.54) is 0 Å². The molecule has 92 valence electrons. The predicted octanol–water partition coefficient (Wildman–Crippen LogP) is 3.04. The Morgan fingerprint density at radius 3 is 2.29 bits per heavy atom. The Bertz CT molecular complexity index is 422. The van der Waals surface area contributed by atoms with Gasteiger partial charge in [0.15, 0.2) is 7.80 Å². The second-order valence-electron chi connectivity index (χ2n) is 4.62. The molecule has 3 nitrogen and oxygen atoms in total. The first-order valence-electron chi connectivity index (χ1n) is 6.00. The van der Waals surface area contributed by atoms with Crippen LogP contribution in [-0.4, -0.2) is 16.0 Å². The van der Waals surface area contributed by atoms with Gasteiger partial charge in [0.25, 0.3) is 0 Å². The topological polar surface area (TPSA) is 54.4 Å². The highest BCUT2D eigenvalue weighted by Crippen LogP contribution is 2.48. The number of hydrogen-bond donors (Lipinski definition) is 1. The van der Waals surface area contributed by atoms with Crippen molar-refractivity contribution in [1.29, 1.82) is 0 Å². The molecule has 0 spiro atoms. The predicted molar refractivity (Wildman–Crippen MR) is 67.8 cm³/mol. The van der Waals surface area contributed by atoms with Crippen LogP contribution in [0.4, 0.5) is 0 Å². The van der Waals surface area contributed by atoms with Gasteiger partial charge in [0.2, 0.25) is 5.52 Å². The van der Waals surface area contributed by atoms with Gasteiger partial charge in [-0.15, -0.1) is 0 Å². The molecule has 1 N–H and O–H groups in total. The maximum Gasteiger partial charge on any atom is 0.221 e. The Kier molecular flexibility index (Phi) is 3.80. The molecule has 1 unspecified atom stereocenters. The lowest BCUT2D eigenvalue weighted by Crippen LogP contribution is -2.28. The second-order valence-corrected chi connectivity index (χ2v) is 6.66. The molecule has 0 amide bonds. The van der Waals surface area contributed by atoms with Crippen LogP contribution in [0, 0.1) is 0 Å². The Hall–Kier alpha value is -0.920. The normalized spacial score (nSPS) is 20.8. The van der Waals surface area contributed by atoms with Gasteiger partial charge in [0, 0.05) is 5.56 Å². The zero-order chi connectivity index (χ0) is 12.3. The Morgan fingerprint density at radius 1 is 1.12 bits per heavy atom. The Balaban J connectivity index is 2.17. The van der Waals surface area contributed by atoms with Crippen LogP contribution < -0.4 is 0 Å². The van der Waals surface area contributed by atoms with E-state index in [1.807, 2.05) is 6.07 Å². The maximum absolute atomic E-state index is 12.2. The maximum atomic E-state index is 12.2. The van der Waals surface area contributed by atoms with Gasteiger partial charge in [-0.3, -0.25) is 4.79 Å². The van der Waals surface area contributed by atoms with Gasteiger partial charge in [-0.05, 0) is 12.8 Å². The fourth-order valence-corrected chi connectivity index (χ4v) is 3.95. The molecule has 1 fully saturated rings. The summed E-state index contributed by atoms with van der Waals surface area (Å²) in [7, 11) is -2.65. The van der Waals surface area contributed by atoms with Crippen molar-refractivity contribution in [3.63, 3.8) is 0 Å². The lowest BCUT2D eigenvalue weighted by atomic mass is 9.97. The molecule has 0 aromatic heterocycles. The van der Waals surface area contributed by atoms with E-state index in [0.717, 1.165) is 19.3 Å². The fraction of sp³-hybridized carbons (Fsp3) is 0.462. The summed E-state index contributed by atoms with van der Waals surface area (Å²) in [6, 6.07) is 8.60. The van der Waals surface area contributed by atoms with Crippen LogP contribution >= 0.6 is 7.80 Å². The van der Waals surface area contributed by atoms with Crippen molar-refractivity contribution in [1.82, 2.24) is 0 Å². The molecule has 1 aliphatic rings. The van der Waals surface area contributed by atoms with Gasteiger partial charge in [0.05, 0.1) is 0 Å². The first kappa shape index (κ1) is 12.5. The number of hydrogen-bond acceptors (Lipinski definition) is 3. The molecule has 17 heavy (non-hydrogen) atoms. The lowest BCUT2D eigenvalue weighted by Gasteiger charge is -2.30. The quantitative estimate of drug-likeness (QED) is 0.841. The minimum atomic E-state index is -2.65. The van der Waals surface area contributed by atoms with Crippen molar-refractivity contribution in [2.45, 2.75) is 37.4 Å². The molecule has 1 aliphatic carbocycles. The van der Waals surface area contributed by atoms with Gasteiger partial charge >= 0.3 is 0 Å². The zero-order valence-electron chi connectivity index (χ0n) is 9.69. The molecular formula is C13H17O3P. The molecule has 1 aromatic carbocycles. The zero-order valence-corrected chi connectivity index (χ0v) is 10.7. The van der Waals surface area contributed by atoms with E-state index >= 15 is 0 Å². The third kappa shape index (κ3) is 2.67. The van der Waals surface area contributed by atoms with Crippen molar-refractivity contribution in [3.05, 3.63) is 35.9 Å². The number of aliphatic hydroxyl groups is 1. The molecule has 0 heterocycles. The summed E-state index contributed by atoms with van der Waals surface area (Å²) in [6.07, 6.45) is 3.74. The molecule has 1 aromatic rings. The van der Waals surface area contributed by atoms with Crippen LogP contribution in [0.5, 0.6) is 0 Å². The minimum absolute atomic E-state index is 0.389. The van der Waals surface area contributed by atoms with Gasteiger partial charge in [-0.25, -0.2) is 0 Å². The SMILES string of the molecule is O=C(c1ccccc1)[PH](=O)C1(O)CCCCC1. The minimum Gasteiger partial charge on any atom is -0.382 e. The van der Waals surface area contributed by atoms with E-state index in [-0.39, 0.29) is 5.52 Å². The summed E-state index contributed by atoms with van der Waals surface area (Å²) in [6.45, 7) is 0. The Morgan fingerprint density at radius 2 is 1.71 bits per heavy atom. The van der Waals surface area contributed by atoms with Crippen LogP contribution in [0.1, 0.15) is 42.5 Å². The standard InChI is InChI=1S/C13H17O3P/c14-12(11-7-3-1-4-8-11)17(16)13(15)9-5-2-6-10-13/h1,3-4,7-8,15,17H,2,5-6,9-10H2. The number of benzene rings is 1. The van der Waals surface area contributed by atoms with Crippen LogP contribution in [-0.2, 0) is 4.57 Å². The van der Waals surface area contributed by atoms with Gasteiger partial charge < -0.3 is 9.67 Å². The molecule has 0 aliphatic heterocycles. The van der Waals surface area contributed by atoms with Gasteiger partial charge in [0.1, 0.15) is 5.34 Å². The molecule has 4 heteroatoms.